The molecule has 4 rings (SSSR count). The number of nitrogens with zero attached hydrogens (tertiary/aromatic N) is 3. The van der Waals surface area contributed by atoms with E-state index < -0.39 is 28.9 Å². The fourth-order valence-electron chi connectivity index (χ4n) is 3.68. The third kappa shape index (κ3) is 5.39. The molecule has 2 atom stereocenters. The van der Waals surface area contributed by atoms with Gasteiger partial charge in [0.15, 0.2) is 11.6 Å². The van der Waals surface area contributed by atoms with Gasteiger partial charge in [0.25, 0.3) is 5.56 Å². The zero-order valence-electron chi connectivity index (χ0n) is 19.8. The summed E-state index contributed by atoms with van der Waals surface area (Å²) in [6.07, 6.45) is 2.56. The zero-order chi connectivity index (χ0) is 26.3. The van der Waals surface area contributed by atoms with E-state index in [1.54, 1.807) is 16.8 Å². The summed E-state index contributed by atoms with van der Waals surface area (Å²) in [7, 11) is -8.06. The monoisotopic (exact) mass is 551 g/mol. The van der Waals surface area contributed by atoms with Crippen LogP contribution in [0.4, 0.5) is 11.4 Å². The van der Waals surface area contributed by atoms with E-state index in [9.17, 15) is 27.8 Å². The van der Waals surface area contributed by atoms with Crippen molar-refractivity contribution in [1.29, 1.82) is 0 Å². The fraction of sp³-hybridized carbons (Fsp3) is 0.318. The van der Waals surface area contributed by atoms with Crippen molar-refractivity contribution in [3.05, 3.63) is 50.9 Å². The summed E-state index contributed by atoms with van der Waals surface area (Å²) in [5, 5.41) is 21.8. The second-order valence-corrected chi connectivity index (χ2v) is 12.9. The first kappa shape index (κ1) is 26.1. The van der Waals surface area contributed by atoms with Crippen LogP contribution in [0.2, 0.25) is 0 Å². The van der Waals surface area contributed by atoms with Crippen LogP contribution in [-0.2, 0) is 21.1 Å². The summed E-state index contributed by atoms with van der Waals surface area (Å²) in [5.74, 6) is -0.385. The van der Waals surface area contributed by atoms with E-state index in [1.165, 1.54) is 34.2 Å². The highest BCUT2D eigenvalue weighted by Gasteiger charge is 2.34. The van der Waals surface area contributed by atoms with E-state index in [-0.39, 0.29) is 33.8 Å². The number of amidine groups is 1. The van der Waals surface area contributed by atoms with Crippen molar-refractivity contribution < 1.29 is 23.0 Å². The minimum Gasteiger partial charge on any atom is -0.505 e. The standard InChI is InChI=1S/C22H26N5O6PS2/c1-4-13(2)7-9-27-22(29)18(20(28)19(24-27)14-8-10-35-12-14)21-23-16-6-5-15(26-36(3,32)33)11-17(16)34(30,31)25-21/h5-6,8,10-13,26,28H,4,7,9H2,1-3H3,(H2,23,25,30,31). The molecule has 3 aromatic rings. The van der Waals surface area contributed by atoms with Gasteiger partial charge < -0.3 is 15.3 Å². The largest absolute Gasteiger partial charge is 0.505 e. The van der Waals surface area contributed by atoms with Crippen LogP contribution in [0.1, 0.15) is 32.3 Å². The average molecular weight is 552 g/mol. The lowest BCUT2D eigenvalue weighted by Gasteiger charge is -2.23. The third-order valence-electron chi connectivity index (χ3n) is 5.80. The average Bonchev–Trinajstić information content (AvgIpc) is 3.32. The number of aryl methyl sites for hydroxylation is 1. The predicted octanol–water partition coefficient (Wildman–Crippen LogP) is 3.17. The van der Waals surface area contributed by atoms with Crippen molar-refractivity contribution in [3.8, 4) is 17.0 Å². The van der Waals surface area contributed by atoms with Crippen LogP contribution in [0.3, 0.4) is 0 Å². The molecule has 2 aromatic heterocycles. The molecule has 11 nitrogen and oxygen atoms in total. The van der Waals surface area contributed by atoms with Crippen molar-refractivity contribution in [3.63, 3.8) is 0 Å². The molecule has 2 unspecified atom stereocenters. The number of hydrogen-bond acceptors (Lipinski definition) is 8. The lowest BCUT2D eigenvalue weighted by molar-refractivity contribution is 0.426. The summed E-state index contributed by atoms with van der Waals surface area (Å²) >= 11 is 1.39. The second kappa shape index (κ2) is 9.81. The van der Waals surface area contributed by atoms with E-state index in [0.717, 1.165) is 12.7 Å². The van der Waals surface area contributed by atoms with Crippen LogP contribution in [0.15, 0.2) is 44.6 Å². The van der Waals surface area contributed by atoms with Gasteiger partial charge >= 0.3 is 7.52 Å². The first-order chi connectivity index (χ1) is 16.9. The Morgan fingerprint density at radius 1 is 1.31 bits per heavy atom. The van der Waals surface area contributed by atoms with Gasteiger partial charge in [0, 0.05) is 23.2 Å². The predicted molar refractivity (Wildman–Crippen MR) is 142 cm³/mol. The van der Waals surface area contributed by atoms with Gasteiger partial charge in [-0.2, -0.15) is 21.2 Å². The molecule has 0 spiro atoms. The fourth-order valence-corrected chi connectivity index (χ4v) is 6.15. The van der Waals surface area contributed by atoms with Gasteiger partial charge in [-0.3, -0.25) is 14.1 Å². The molecule has 192 valence electrons. The van der Waals surface area contributed by atoms with Crippen LogP contribution in [0, 0.1) is 5.92 Å². The maximum atomic E-state index is 13.4. The first-order valence-electron chi connectivity index (χ1n) is 11.1. The van der Waals surface area contributed by atoms with Crippen molar-refractivity contribution in [2.45, 2.75) is 33.2 Å². The summed E-state index contributed by atoms with van der Waals surface area (Å²) in [6, 6.07) is 5.76. The Hall–Kier alpha value is -2.99. The number of thiophene rings is 1. The maximum absolute atomic E-state index is 13.4. The number of aromatic hydroxyl groups is 1. The van der Waals surface area contributed by atoms with Crippen molar-refractivity contribution >= 4 is 51.4 Å². The zero-order valence-corrected chi connectivity index (χ0v) is 22.3. The molecule has 0 saturated heterocycles. The van der Waals surface area contributed by atoms with Gasteiger partial charge in [-0.1, -0.05) is 20.3 Å². The van der Waals surface area contributed by atoms with Crippen LogP contribution in [0.25, 0.3) is 11.3 Å². The molecule has 0 saturated carbocycles. The van der Waals surface area contributed by atoms with Crippen LogP contribution in [-0.4, -0.2) is 40.3 Å². The normalized spacial score (nSPS) is 18.2. The molecule has 0 fully saturated rings. The minimum absolute atomic E-state index is 0.0878. The Balaban J connectivity index is 1.84. The van der Waals surface area contributed by atoms with Crippen molar-refractivity contribution in [2.75, 3.05) is 16.3 Å². The Morgan fingerprint density at radius 2 is 2.06 bits per heavy atom. The summed E-state index contributed by atoms with van der Waals surface area (Å²) in [6.45, 7) is 4.40. The van der Waals surface area contributed by atoms with Gasteiger partial charge in [-0.05, 0) is 42.0 Å². The first-order valence-corrected chi connectivity index (χ1v) is 15.5. The minimum atomic E-state index is -4.44. The van der Waals surface area contributed by atoms with Gasteiger partial charge in [0.05, 0.1) is 17.2 Å². The second-order valence-electron chi connectivity index (χ2n) is 8.64. The maximum Gasteiger partial charge on any atom is 0.346 e. The van der Waals surface area contributed by atoms with E-state index in [0.29, 0.717) is 24.4 Å². The molecule has 0 aliphatic carbocycles. The number of aromatic nitrogens is 2. The molecule has 0 bridgehead atoms. The van der Waals surface area contributed by atoms with E-state index in [4.69, 9.17) is 0 Å². The molecule has 3 heterocycles. The lowest BCUT2D eigenvalue weighted by Crippen LogP contribution is -2.35. The number of hydrogen-bond donors (Lipinski definition) is 4. The highest BCUT2D eigenvalue weighted by Crippen LogP contribution is 2.47. The highest BCUT2D eigenvalue weighted by molar-refractivity contribution is 7.92. The Bertz CT molecular complexity index is 1550. The Labute approximate surface area is 212 Å². The van der Waals surface area contributed by atoms with Crippen LogP contribution >= 0.6 is 18.9 Å². The third-order valence-corrected chi connectivity index (χ3v) is 8.55. The Morgan fingerprint density at radius 3 is 2.69 bits per heavy atom. The molecule has 14 heteroatoms. The van der Waals surface area contributed by atoms with Gasteiger partial charge in [0.2, 0.25) is 10.0 Å². The van der Waals surface area contributed by atoms with E-state index >= 15 is 0 Å². The molecule has 1 aliphatic heterocycles. The molecule has 4 N–H and O–H groups in total. The van der Waals surface area contributed by atoms with Crippen molar-refractivity contribution in [1.82, 2.24) is 9.78 Å². The van der Waals surface area contributed by atoms with Gasteiger partial charge in [0.1, 0.15) is 11.3 Å². The molecule has 36 heavy (non-hydrogen) atoms. The van der Waals surface area contributed by atoms with Crippen molar-refractivity contribution in [2.24, 2.45) is 10.7 Å². The topological polar surface area (TPSA) is 163 Å². The number of sulfonamides is 1. The van der Waals surface area contributed by atoms with E-state index in [2.05, 4.69) is 26.8 Å². The lowest BCUT2D eigenvalue weighted by atomic mass is 10.1. The molecule has 1 aromatic carbocycles. The number of anilines is 2. The summed E-state index contributed by atoms with van der Waals surface area (Å²) < 4.78 is 43.7. The molecular weight excluding hydrogens is 525 g/mol. The van der Waals surface area contributed by atoms with E-state index in [1.807, 2.05) is 6.92 Å². The summed E-state index contributed by atoms with van der Waals surface area (Å²) in [4.78, 5) is 24.2. The number of nitrogens with one attached hydrogen (secondary N) is 2. The quantitative estimate of drug-likeness (QED) is 0.310. The number of fused-ring (bicyclic) bond motifs is 1. The SMILES string of the molecule is CCC(C)CCn1nc(-c2ccsc2)c(O)c(C2=NP(=O)(O)c3cc(NS(C)(=O)=O)ccc3N2)c1=O. The van der Waals surface area contributed by atoms with Crippen LogP contribution < -0.4 is 20.9 Å². The molecule has 0 amide bonds. The summed E-state index contributed by atoms with van der Waals surface area (Å²) in [5.41, 5.74) is 0.0735. The molecule has 0 radical (unpaired) electrons. The highest BCUT2D eigenvalue weighted by atomic mass is 32.2. The van der Waals surface area contributed by atoms with Gasteiger partial charge in [-0.25, -0.2) is 13.1 Å². The van der Waals surface area contributed by atoms with Gasteiger partial charge in [-0.15, -0.1) is 0 Å². The number of benzene rings is 1. The molecular formula is C22H26N5O6PS2. The van der Waals surface area contributed by atoms with Crippen LogP contribution in [0.5, 0.6) is 5.75 Å². The Kier molecular flexibility index (Phi) is 7.11. The molecule has 1 aliphatic rings. The smallest absolute Gasteiger partial charge is 0.346 e. The number of rotatable bonds is 8.